The largest absolute Gasteiger partial charge is 0.444 e. The van der Waals surface area contributed by atoms with E-state index in [4.69, 9.17) is 4.74 Å². The van der Waals surface area contributed by atoms with Gasteiger partial charge in [0, 0.05) is 11.5 Å². The van der Waals surface area contributed by atoms with Crippen LogP contribution < -0.4 is 5.32 Å². The fraction of sp³-hybridized carbons (Fsp3) is 0.500. The maximum atomic E-state index is 11.6. The lowest BCUT2D eigenvalue weighted by molar-refractivity contribution is -0.109. The Labute approximate surface area is 130 Å². The minimum absolute atomic E-state index is 0.524. The molecular weight excluding hydrogens is 286 g/mol. The summed E-state index contributed by atoms with van der Waals surface area (Å²) in [6.45, 7) is 7.40. The number of rotatable bonds is 6. The number of aldehydes is 1. The van der Waals surface area contributed by atoms with Crippen molar-refractivity contribution in [2.75, 3.05) is 5.75 Å². The Hall–Kier alpha value is -1.49. The summed E-state index contributed by atoms with van der Waals surface area (Å²) < 4.78 is 5.13. The highest BCUT2D eigenvalue weighted by Crippen LogP contribution is 2.14. The Bertz CT molecular complexity index is 465. The molecular formula is C16H23NO3S. The van der Waals surface area contributed by atoms with Crippen molar-refractivity contribution in [3.63, 3.8) is 0 Å². The molecule has 0 aliphatic heterocycles. The van der Waals surface area contributed by atoms with E-state index in [-0.39, 0.29) is 0 Å². The van der Waals surface area contributed by atoms with Crippen molar-refractivity contribution in [1.29, 1.82) is 0 Å². The Kier molecular flexibility index (Phi) is 6.75. The number of alkyl carbamates (subject to hydrolysis) is 1. The van der Waals surface area contributed by atoms with Gasteiger partial charge < -0.3 is 14.8 Å². The number of hydrogen-bond acceptors (Lipinski definition) is 4. The Morgan fingerprint density at radius 2 is 1.95 bits per heavy atom. The van der Waals surface area contributed by atoms with E-state index in [1.165, 1.54) is 11.1 Å². The van der Waals surface area contributed by atoms with Crippen LogP contribution in [0.25, 0.3) is 0 Å². The van der Waals surface area contributed by atoms with Crippen molar-refractivity contribution in [3.8, 4) is 0 Å². The lowest BCUT2D eigenvalue weighted by Gasteiger charge is -2.21. The maximum Gasteiger partial charge on any atom is 0.408 e. The summed E-state index contributed by atoms with van der Waals surface area (Å²) in [7, 11) is 0. The normalized spacial score (nSPS) is 12.6. The molecule has 0 radical (unpaired) electrons. The molecule has 1 rings (SSSR count). The van der Waals surface area contributed by atoms with E-state index >= 15 is 0 Å². The van der Waals surface area contributed by atoms with Crippen molar-refractivity contribution < 1.29 is 14.3 Å². The summed E-state index contributed by atoms with van der Waals surface area (Å²) in [5, 5.41) is 2.57. The van der Waals surface area contributed by atoms with Gasteiger partial charge in [0.05, 0.1) is 6.04 Å². The third-order valence-electron chi connectivity index (χ3n) is 2.55. The van der Waals surface area contributed by atoms with E-state index in [2.05, 4.69) is 29.6 Å². The van der Waals surface area contributed by atoms with Gasteiger partial charge in [-0.3, -0.25) is 0 Å². The number of nitrogens with one attached hydrogen (secondary N) is 1. The van der Waals surface area contributed by atoms with Gasteiger partial charge in [-0.15, -0.1) is 0 Å². The van der Waals surface area contributed by atoms with Crippen LogP contribution in [0.3, 0.4) is 0 Å². The highest BCUT2D eigenvalue weighted by Gasteiger charge is 2.19. The van der Waals surface area contributed by atoms with Crippen LogP contribution >= 0.6 is 11.8 Å². The number of aryl methyl sites for hydroxylation is 1. The highest BCUT2D eigenvalue weighted by atomic mass is 32.2. The van der Waals surface area contributed by atoms with Gasteiger partial charge in [-0.25, -0.2) is 4.79 Å². The number of ether oxygens (including phenoxy) is 1. The molecule has 1 amide bonds. The summed E-state index contributed by atoms with van der Waals surface area (Å²) in [5.74, 6) is 1.33. The van der Waals surface area contributed by atoms with Gasteiger partial charge in [-0.1, -0.05) is 29.8 Å². The summed E-state index contributed by atoms with van der Waals surface area (Å²) in [4.78, 5) is 22.6. The van der Waals surface area contributed by atoms with Gasteiger partial charge >= 0.3 is 6.09 Å². The average Bonchev–Trinajstić information content (AvgIpc) is 2.37. The molecule has 1 atom stereocenters. The first-order chi connectivity index (χ1) is 9.80. The van der Waals surface area contributed by atoms with E-state index in [1.54, 1.807) is 32.5 Å². The van der Waals surface area contributed by atoms with Crippen molar-refractivity contribution in [1.82, 2.24) is 5.32 Å². The summed E-state index contributed by atoms with van der Waals surface area (Å²) in [6, 6.07) is 7.73. The van der Waals surface area contributed by atoms with E-state index in [0.29, 0.717) is 5.75 Å². The summed E-state index contributed by atoms with van der Waals surface area (Å²) in [5.41, 5.74) is 1.86. The van der Waals surface area contributed by atoms with Crippen molar-refractivity contribution >= 4 is 24.1 Å². The van der Waals surface area contributed by atoms with Crippen molar-refractivity contribution in [2.45, 2.75) is 45.1 Å². The smallest absolute Gasteiger partial charge is 0.408 e. The second-order valence-corrected chi connectivity index (χ2v) is 6.92. The number of amides is 1. The van der Waals surface area contributed by atoms with E-state index in [9.17, 15) is 9.59 Å². The zero-order valence-electron chi connectivity index (χ0n) is 13.0. The third-order valence-corrected chi connectivity index (χ3v) is 3.69. The highest BCUT2D eigenvalue weighted by molar-refractivity contribution is 7.98. The van der Waals surface area contributed by atoms with Crippen LogP contribution in [0.2, 0.25) is 0 Å². The van der Waals surface area contributed by atoms with Crippen LogP contribution in [-0.4, -0.2) is 29.8 Å². The second-order valence-electron chi connectivity index (χ2n) is 5.89. The molecule has 0 fully saturated rings. The zero-order chi connectivity index (χ0) is 15.9. The van der Waals surface area contributed by atoms with Crippen LogP contribution in [0.1, 0.15) is 31.9 Å². The van der Waals surface area contributed by atoms with Gasteiger partial charge in [0.15, 0.2) is 0 Å². The van der Waals surface area contributed by atoms with Gasteiger partial charge in [0.2, 0.25) is 0 Å². The molecule has 0 bridgehead atoms. The monoisotopic (exact) mass is 309 g/mol. The molecule has 0 heterocycles. The number of benzene rings is 1. The first-order valence-electron chi connectivity index (χ1n) is 6.88. The Morgan fingerprint density at radius 1 is 1.33 bits per heavy atom. The summed E-state index contributed by atoms with van der Waals surface area (Å²) >= 11 is 1.60. The molecule has 5 heteroatoms. The van der Waals surface area contributed by atoms with Crippen molar-refractivity contribution in [3.05, 3.63) is 35.4 Å². The quantitative estimate of drug-likeness (QED) is 0.819. The lowest BCUT2D eigenvalue weighted by atomic mass is 10.2. The lowest BCUT2D eigenvalue weighted by Crippen LogP contribution is -2.41. The van der Waals surface area contributed by atoms with E-state index < -0.39 is 17.7 Å². The maximum absolute atomic E-state index is 11.6. The molecule has 0 aliphatic rings. The van der Waals surface area contributed by atoms with Crippen LogP contribution in [-0.2, 0) is 15.3 Å². The minimum Gasteiger partial charge on any atom is -0.444 e. The SMILES string of the molecule is Cc1ccc(CSC[C@H](C=O)NC(=O)OC(C)(C)C)cc1. The van der Waals surface area contributed by atoms with Crippen LogP contribution in [0.15, 0.2) is 24.3 Å². The fourth-order valence-electron chi connectivity index (χ4n) is 1.56. The second kappa shape index (κ2) is 8.08. The predicted molar refractivity (Wildman–Crippen MR) is 86.6 cm³/mol. The van der Waals surface area contributed by atoms with Gasteiger partial charge in [-0.2, -0.15) is 11.8 Å². The van der Waals surface area contributed by atoms with Crippen LogP contribution in [0.4, 0.5) is 4.79 Å². The first kappa shape index (κ1) is 17.6. The molecule has 0 unspecified atom stereocenters. The number of hydrogen-bond donors (Lipinski definition) is 1. The van der Waals surface area contributed by atoms with Crippen LogP contribution in [0, 0.1) is 6.92 Å². The standard InChI is InChI=1S/C16H23NO3S/c1-12-5-7-13(8-6-12)10-21-11-14(9-18)17-15(19)20-16(2,3)4/h5-9,14H,10-11H2,1-4H3,(H,17,19)/t14-/m0/s1. The summed E-state index contributed by atoms with van der Waals surface area (Å²) in [6.07, 6.45) is 0.182. The van der Waals surface area contributed by atoms with Gasteiger partial charge in [0.1, 0.15) is 11.9 Å². The van der Waals surface area contributed by atoms with E-state index in [0.717, 1.165) is 12.0 Å². The molecule has 0 aliphatic carbocycles. The molecule has 21 heavy (non-hydrogen) atoms. The van der Waals surface area contributed by atoms with Crippen molar-refractivity contribution in [2.24, 2.45) is 0 Å². The average molecular weight is 309 g/mol. The molecule has 1 aromatic rings. The molecule has 4 nitrogen and oxygen atoms in total. The number of carbonyl (C=O) groups excluding carboxylic acids is 2. The third kappa shape index (κ3) is 7.75. The Balaban J connectivity index is 2.35. The molecule has 0 aromatic heterocycles. The predicted octanol–water partition coefficient (Wildman–Crippen LogP) is 3.32. The number of carbonyl (C=O) groups is 2. The molecule has 116 valence electrons. The molecule has 0 saturated heterocycles. The topological polar surface area (TPSA) is 55.4 Å². The van der Waals surface area contributed by atoms with Gasteiger partial charge in [0.25, 0.3) is 0 Å². The van der Waals surface area contributed by atoms with E-state index in [1.807, 2.05) is 6.92 Å². The minimum atomic E-state index is -0.563. The molecule has 0 saturated carbocycles. The fourth-order valence-corrected chi connectivity index (χ4v) is 2.52. The molecule has 1 aromatic carbocycles. The zero-order valence-corrected chi connectivity index (χ0v) is 13.8. The molecule has 0 spiro atoms. The van der Waals surface area contributed by atoms with Crippen LogP contribution in [0.5, 0.6) is 0 Å². The first-order valence-corrected chi connectivity index (χ1v) is 8.04. The number of thioether (sulfide) groups is 1. The molecule has 1 N–H and O–H groups in total. The van der Waals surface area contributed by atoms with Gasteiger partial charge in [-0.05, 0) is 33.3 Å². The Morgan fingerprint density at radius 3 is 2.48 bits per heavy atom.